The van der Waals surface area contributed by atoms with Gasteiger partial charge in [-0.2, -0.15) is 4.98 Å². The molecular formula is C11H17BrN4. The van der Waals surface area contributed by atoms with Crippen molar-refractivity contribution < 1.29 is 0 Å². The average Bonchev–Trinajstić information content (AvgIpc) is 2.21. The van der Waals surface area contributed by atoms with Crippen LogP contribution in [0.5, 0.6) is 0 Å². The maximum Gasteiger partial charge on any atom is 0.224 e. The van der Waals surface area contributed by atoms with Crippen LogP contribution in [0.1, 0.15) is 26.7 Å². The van der Waals surface area contributed by atoms with Crippen molar-refractivity contribution in [2.24, 2.45) is 5.92 Å². The highest BCUT2D eigenvalue weighted by molar-refractivity contribution is 9.10. The minimum Gasteiger partial charge on any atom is -0.366 e. The van der Waals surface area contributed by atoms with E-state index in [2.05, 4.69) is 43.5 Å². The second kappa shape index (κ2) is 4.99. The van der Waals surface area contributed by atoms with Crippen molar-refractivity contribution in [2.75, 3.05) is 17.2 Å². The molecule has 1 aliphatic carbocycles. The number of anilines is 2. The number of hydrogen-bond donors (Lipinski definition) is 2. The lowest BCUT2D eigenvalue weighted by Crippen LogP contribution is -2.34. The largest absolute Gasteiger partial charge is 0.366 e. The van der Waals surface area contributed by atoms with Crippen molar-refractivity contribution >= 4 is 27.7 Å². The second-order valence-electron chi connectivity index (χ2n) is 4.34. The van der Waals surface area contributed by atoms with Crippen LogP contribution in [-0.2, 0) is 0 Å². The van der Waals surface area contributed by atoms with Gasteiger partial charge in [-0.05, 0) is 41.6 Å². The molecular weight excluding hydrogens is 268 g/mol. The van der Waals surface area contributed by atoms with Gasteiger partial charge in [-0.25, -0.2) is 4.98 Å². The highest BCUT2D eigenvalue weighted by Crippen LogP contribution is 2.31. The van der Waals surface area contributed by atoms with Crippen LogP contribution in [0.25, 0.3) is 0 Å². The van der Waals surface area contributed by atoms with Crippen LogP contribution in [-0.4, -0.2) is 22.6 Å². The van der Waals surface area contributed by atoms with Crippen molar-refractivity contribution in [1.29, 1.82) is 0 Å². The molecule has 5 heteroatoms. The maximum atomic E-state index is 4.43. The minimum absolute atomic E-state index is 0.565. The first-order chi connectivity index (χ1) is 7.69. The van der Waals surface area contributed by atoms with Crippen molar-refractivity contribution in [2.45, 2.75) is 32.7 Å². The first-order valence-corrected chi connectivity index (χ1v) is 6.51. The normalized spacial score (nSPS) is 23.7. The van der Waals surface area contributed by atoms with Gasteiger partial charge >= 0.3 is 0 Å². The monoisotopic (exact) mass is 284 g/mol. The van der Waals surface area contributed by atoms with Gasteiger partial charge in [0, 0.05) is 18.8 Å². The predicted molar refractivity (Wildman–Crippen MR) is 69.7 cm³/mol. The molecule has 1 aliphatic rings. The molecule has 0 saturated heterocycles. The zero-order chi connectivity index (χ0) is 11.5. The van der Waals surface area contributed by atoms with Crippen LogP contribution in [0.15, 0.2) is 10.7 Å². The first-order valence-electron chi connectivity index (χ1n) is 5.72. The van der Waals surface area contributed by atoms with Crippen LogP contribution in [0.2, 0.25) is 0 Å². The molecule has 88 valence electrons. The van der Waals surface area contributed by atoms with Crippen LogP contribution in [0, 0.1) is 5.92 Å². The Morgan fingerprint density at radius 1 is 1.50 bits per heavy atom. The quantitative estimate of drug-likeness (QED) is 0.893. The first kappa shape index (κ1) is 11.6. The van der Waals surface area contributed by atoms with Gasteiger partial charge in [-0.15, -0.1) is 0 Å². The smallest absolute Gasteiger partial charge is 0.224 e. The third-order valence-electron chi connectivity index (χ3n) is 2.79. The highest BCUT2D eigenvalue weighted by atomic mass is 79.9. The standard InChI is InChI=1S/C11H17BrN4/c1-3-13-11-14-6-9(12)10(16-11)15-8-4-7(2)5-8/h6-8H,3-5H2,1-2H3,(H2,13,14,15,16). The SMILES string of the molecule is CCNc1ncc(Br)c(NC2CC(C)C2)n1. The van der Waals surface area contributed by atoms with Gasteiger partial charge < -0.3 is 10.6 Å². The van der Waals surface area contributed by atoms with Gasteiger partial charge in [0.2, 0.25) is 5.95 Å². The number of nitrogens with zero attached hydrogens (tertiary/aromatic N) is 2. The Bertz CT molecular complexity index is 363. The van der Waals surface area contributed by atoms with Crippen molar-refractivity contribution in [3.63, 3.8) is 0 Å². The molecule has 1 fully saturated rings. The Morgan fingerprint density at radius 2 is 2.25 bits per heavy atom. The van der Waals surface area contributed by atoms with E-state index in [0.717, 1.165) is 22.8 Å². The number of aromatic nitrogens is 2. The zero-order valence-corrected chi connectivity index (χ0v) is 11.2. The fourth-order valence-corrected chi connectivity index (χ4v) is 2.23. The highest BCUT2D eigenvalue weighted by Gasteiger charge is 2.25. The molecule has 4 nitrogen and oxygen atoms in total. The van der Waals surface area contributed by atoms with E-state index >= 15 is 0 Å². The summed E-state index contributed by atoms with van der Waals surface area (Å²) < 4.78 is 0.925. The molecule has 0 spiro atoms. The summed E-state index contributed by atoms with van der Waals surface area (Å²) in [6.45, 7) is 5.14. The summed E-state index contributed by atoms with van der Waals surface area (Å²) in [6.07, 6.45) is 4.25. The molecule has 1 saturated carbocycles. The number of rotatable bonds is 4. The van der Waals surface area contributed by atoms with Crippen molar-refractivity contribution in [3.05, 3.63) is 10.7 Å². The fourth-order valence-electron chi connectivity index (χ4n) is 1.93. The van der Waals surface area contributed by atoms with Crippen molar-refractivity contribution in [3.8, 4) is 0 Å². The van der Waals surface area contributed by atoms with E-state index in [1.54, 1.807) is 6.20 Å². The van der Waals surface area contributed by atoms with Gasteiger partial charge in [0.15, 0.2) is 0 Å². The number of halogens is 1. The van der Waals surface area contributed by atoms with Crippen LogP contribution >= 0.6 is 15.9 Å². The van der Waals surface area contributed by atoms with E-state index in [4.69, 9.17) is 0 Å². The van der Waals surface area contributed by atoms with E-state index < -0.39 is 0 Å². The lowest BCUT2D eigenvalue weighted by molar-refractivity contribution is 0.308. The summed E-state index contributed by atoms with van der Waals surface area (Å²) >= 11 is 3.46. The molecule has 0 radical (unpaired) electrons. The van der Waals surface area contributed by atoms with Crippen LogP contribution < -0.4 is 10.6 Å². The molecule has 2 N–H and O–H groups in total. The van der Waals surface area contributed by atoms with Gasteiger partial charge in [-0.3, -0.25) is 0 Å². The molecule has 0 aliphatic heterocycles. The molecule has 1 heterocycles. The van der Waals surface area contributed by atoms with Gasteiger partial charge in [0.05, 0.1) is 4.47 Å². The summed E-state index contributed by atoms with van der Waals surface area (Å²) in [6, 6.07) is 0.565. The zero-order valence-electron chi connectivity index (χ0n) is 9.63. The Morgan fingerprint density at radius 3 is 2.88 bits per heavy atom. The minimum atomic E-state index is 0.565. The molecule has 0 amide bonds. The summed E-state index contributed by atoms with van der Waals surface area (Å²) in [5, 5.41) is 6.55. The summed E-state index contributed by atoms with van der Waals surface area (Å²) in [4.78, 5) is 8.61. The molecule has 0 bridgehead atoms. The lowest BCUT2D eigenvalue weighted by atomic mass is 9.82. The Kier molecular flexibility index (Phi) is 3.63. The van der Waals surface area contributed by atoms with Gasteiger partial charge in [0.25, 0.3) is 0 Å². The number of nitrogens with one attached hydrogen (secondary N) is 2. The van der Waals surface area contributed by atoms with E-state index in [1.807, 2.05) is 6.92 Å². The second-order valence-corrected chi connectivity index (χ2v) is 5.19. The van der Waals surface area contributed by atoms with Crippen LogP contribution in [0.3, 0.4) is 0 Å². The third kappa shape index (κ3) is 2.64. The maximum absolute atomic E-state index is 4.43. The van der Waals surface area contributed by atoms with E-state index in [0.29, 0.717) is 12.0 Å². The van der Waals surface area contributed by atoms with Crippen LogP contribution in [0.4, 0.5) is 11.8 Å². The summed E-state index contributed by atoms with van der Waals surface area (Å²) in [7, 11) is 0. The Hall–Kier alpha value is -0.840. The lowest BCUT2D eigenvalue weighted by Gasteiger charge is -2.33. The predicted octanol–water partition coefficient (Wildman–Crippen LogP) is 2.88. The third-order valence-corrected chi connectivity index (χ3v) is 3.37. The van der Waals surface area contributed by atoms with Gasteiger partial charge in [-0.1, -0.05) is 6.92 Å². The van der Waals surface area contributed by atoms with E-state index in [-0.39, 0.29) is 0 Å². The topological polar surface area (TPSA) is 49.8 Å². The molecule has 2 rings (SSSR count). The summed E-state index contributed by atoms with van der Waals surface area (Å²) in [5.41, 5.74) is 0. The molecule has 1 aromatic rings. The number of hydrogen-bond acceptors (Lipinski definition) is 4. The van der Waals surface area contributed by atoms with Crippen molar-refractivity contribution in [1.82, 2.24) is 9.97 Å². The molecule has 16 heavy (non-hydrogen) atoms. The molecule has 0 atom stereocenters. The Balaban J connectivity index is 2.03. The van der Waals surface area contributed by atoms with E-state index in [9.17, 15) is 0 Å². The Labute approximate surface area is 104 Å². The average molecular weight is 285 g/mol. The molecule has 0 unspecified atom stereocenters. The fraction of sp³-hybridized carbons (Fsp3) is 0.636. The van der Waals surface area contributed by atoms with Gasteiger partial charge in [0.1, 0.15) is 5.82 Å². The summed E-state index contributed by atoms with van der Waals surface area (Å²) in [5.74, 6) is 2.41. The van der Waals surface area contributed by atoms with E-state index in [1.165, 1.54) is 12.8 Å². The molecule has 0 aromatic carbocycles. The molecule has 1 aromatic heterocycles.